The van der Waals surface area contributed by atoms with E-state index in [1.807, 2.05) is 0 Å². The molecule has 1 rings (SSSR count). The summed E-state index contributed by atoms with van der Waals surface area (Å²) >= 11 is 0. The second-order valence-corrected chi connectivity index (χ2v) is 7.43. The molecule has 0 unspecified atom stereocenters. The molecule has 1 aliphatic rings. The van der Waals surface area contributed by atoms with Gasteiger partial charge < -0.3 is 23.5 Å². The van der Waals surface area contributed by atoms with E-state index in [0.717, 1.165) is 25.6 Å². The fourth-order valence-electron chi connectivity index (χ4n) is 2.17. The highest BCUT2D eigenvalue weighted by Gasteiger charge is 2.36. The van der Waals surface area contributed by atoms with Crippen LogP contribution >= 0.6 is 0 Å². The van der Waals surface area contributed by atoms with Gasteiger partial charge in [0.2, 0.25) is 0 Å². The van der Waals surface area contributed by atoms with Gasteiger partial charge in [-0.25, -0.2) is 0 Å². The fraction of sp³-hybridized carbons (Fsp3) is 1.00. The number of unbranched alkanes of at least 4 members (excludes halogenated alkanes) is 1. The molecule has 1 fully saturated rings. The van der Waals surface area contributed by atoms with Gasteiger partial charge in [0.1, 0.15) is 0 Å². The van der Waals surface area contributed by atoms with Crippen LogP contribution in [0.3, 0.4) is 0 Å². The molecule has 0 spiro atoms. The normalized spacial score (nSPS) is 18.5. The molecule has 6 heteroatoms. The predicted molar refractivity (Wildman–Crippen MR) is 70.1 cm³/mol. The van der Waals surface area contributed by atoms with Crippen molar-refractivity contribution in [2.24, 2.45) is 0 Å². The third-order valence-electron chi connectivity index (χ3n) is 3.35. The van der Waals surface area contributed by atoms with Crippen LogP contribution in [-0.2, 0) is 13.3 Å². The predicted octanol–water partition coefficient (Wildman–Crippen LogP) is 0.550. The number of rotatable bonds is 8. The Morgan fingerprint density at radius 2 is 1.59 bits per heavy atom. The molecule has 0 aliphatic carbocycles. The Balaban J connectivity index is 2.13. The first-order valence-electron chi connectivity index (χ1n) is 6.35. The third kappa shape index (κ3) is 5.03. The number of nitrogens with zero attached hydrogens (tertiary/aromatic N) is 1. The quantitative estimate of drug-likeness (QED) is 0.511. The topological polar surface area (TPSA) is 43.0 Å². The molecule has 0 bridgehead atoms. The lowest BCUT2D eigenvalue weighted by atomic mass is 10.3. The summed E-state index contributed by atoms with van der Waals surface area (Å²) in [7, 11) is 2.69. The van der Waals surface area contributed by atoms with Crippen molar-refractivity contribution in [2.45, 2.75) is 18.9 Å². The van der Waals surface area contributed by atoms with Crippen molar-refractivity contribution in [3.05, 3.63) is 0 Å². The Morgan fingerprint density at radius 3 is 2.12 bits per heavy atom. The van der Waals surface area contributed by atoms with E-state index in [1.165, 1.54) is 26.1 Å². The van der Waals surface area contributed by atoms with Crippen LogP contribution in [0.2, 0.25) is 6.04 Å². The van der Waals surface area contributed by atoms with E-state index in [-0.39, 0.29) is 0 Å². The number of hydrogen-bond donors (Lipinski definition) is 1. The summed E-state index contributed by atoms with van der Waals surface area (Å²) in [5.74, 6) is 0. The van der Waals surface area contributed by atoms with Gasteiger partial charge >= 0.3 is 8.80 Å². The molecule has 1 N–H and O–H groups in total. The lowest BCUT2D eigenvalue weighted by Crippen LogP contribution is -2.44. The fourth-order valence-corrected chi connectivity index (χ4v) is 3.96. The van der Waals surface area contributed by atoms with Gasteiger partial charge in [0.25, 0.3) is 0 Å². The molecule has 0 aromatic rings. The van der Waals surface area contributed by atoms with Gasteiger partial charge in [-0.3, -0.25) is 0 Å². The maximum Gasteiger partial charge on any atom is 0.500 e. The van der Waals surface area contributed by atoms with E-state index in [4.69, 9.17) is 13.3 Å². The summed E-state index contributed by atoms with van der Waals surface area (Å²) < 4.78 is 16.2. The maximum atomic E-state index is 5.40. The van der Waals surface area contributed by atoms with Crippen molar-refractivity contribution in [1.29, 1.82) is 0 Å². The summed E-state index contributed by atoms with van der Waals surface area (Å²) in [5, 5.41) is 3.36. The molecule has 0 atom stereocenters. The van der Waals surface area contributed by atoms with Gasteiger partial charge in [0.05, 0.1) is 0 Å². The van der Waals surface area contributed by atoms with Crippen LogP contribution in [-0.4, -0.2) is 67.8 Å². The Labute approximate surface area is 106 Å². The van der Waals surface area contributed by atoms with Crippen LogP contribution in [0.25, 0.3) is 0 Å². The van der Waals surface area contributed by atoms with Gasteiger partial charge in [-0.15, -0.1) is 0 Å². The summed E-state index contributed by atoms with van der Waals surface area (Å²) in [6.45, 7) is 5.74. The molecule has 1 saturated heterocycles. The van der Waals surface area contributed by atoms with Gasteiger partial charge in [-0.05, 0) is 19.4 Å². The van der Waals surface area contributed by atoms with Gasteiger partial charge in [0, 0.05) is 53.6 Å². The molecule has 0 saturated carbocycles. The minimum atomic E-state index is -2.33. The molecule has 102 valence electrons. The second-order valence-electron chi connectivity index (χ2n) is 4.34. The molecule has 0 aromatic carbocycles. The molecule has 1 aliphatic heterocycles. The average Bonchev–Trinajstić information content (AvgIpc) is 2.41. The molecule has 0 aromatic heterocycles. The van der Waals surface area contributed by atoms with E-state index in [2.05, 4.69) is 10.2 Å². The van der Waals surface area contributed by atoms with Crippen molar-refractivity contribution in [3.63, 3.8) is 0 Å². The minimum Gasteiger partial charge on any atom is -0.377 e. The van der Waals surface area contributed by atoms with Gasteiger partial charge in [-0.2, -0.15) is 0 Å². The first-order valence-corrected chi connectivity index (χ1v) is 8.28. The summed E-state index contributed by atoms with van der Waals surface area (Å²) in [5.41, 5.74) is 0. The zero-order valence-corrected chi connectivity index (χ0v) is 12.3. The molecule has 5 nitrogen and oxygen atoms in total. The first-order chi connectivity index (χ1) is 8.26. The van der Waals surface area contributed by atoms with Crippen LogP contribution in [0.15, 0.2) is 0 Å². The molecule has 1 heterocycles. The largest absolute Gasteiger partial charge is 0.500 e. The highest BCUT2D eigenvalue weighted by atomic mass is 28.4. The second kappa shape index (κ2) is 8.18. The molecule has 17 heavy (non-hydrogen) atoms. The van der Waals surface area contributed by atoms with Crippen molar-refractivity contribution < 1.29 is 13.3 Å². The standard InChI is InChI=1S/C11H26N2O3Si/c1-14-17(15-2,16-3)11-5-4-8-13-9-6-12-7-10-13/h12H,4-11H2,1-3H3. The van der Waals surface area contributed by atoms with Crippen LogP contribution in [0.4, 0.5) is 0 Å². The highest BCUT2D eigenvalue weighted by Crippen LogP contribution is 2.16. The summed E-state index contributed by atoms with van der Waals surface area (Å²) in [4.78, 5) is 2.51. The van der Waals surface area contributed by atoms with Crippen molar-refractivity contribution in [2.75, 3.05) is 54.1 Å². The van der Waals surface area contributed by atoms with Gasteiger partial charge in [-0.1, -0.05) is 0 Å². The SMILES string of the molecule is CO[Si](CCCCN1CCNCC1)(OC)OC. The highest BCUT2D eigenvalue weighted by molar-refractivity contribution is 6.60. The maximum absolute atomic E-state index is 5.40. The summed E-state index contributed by atoms with van der Waals surface area (Å²) in [6, 6.07) is 0.905. The summed E-state index contributed by atoms with van der Waals surface area (Å²) in [6.07, 6.45) is 2.29. The Kier molecular flexibility index (Phi) is 7.25. The van der Waals surface area contributed by atoms with Gasteiger partial charge in [0.15, 0.2) is 0 Å². The smallest absolute Gasteiger partial charge is 0.377 e. The van der Waals surface area contributed by atoms with Crippen molar-refractivity contribution >= 4 is 8.80 Å². The zero-order valence-electron chi connectivity index (χ0n) is 11.3. The van der Waals surface area contributed by atoms with E-state index < -0.39 is 8.80 Å². The lowest BCUT2D eigenvalue weighted by molar-refractivity contribution is 0.122. The van der Waals surface area contributed by atoms with E-state index >= 15 is 0 Å². The molecular weight excluding hydrogens is 236 g/mol. The number of hydrogen-bond acceptors (Lipinski definition) is 5. The van der Waals surface area contributed by atoms with Crippen LogP contribution in [0.1, 0.15) is 12.8 Å². The number of nitrogens with one attached hydrogen (secondary N) is 1. The molecule has 0 radical (unpaired) electrons. The lowest BCUT2D eigenvalue weighted by Gasteiger charge is -2.28. The van der Waals surface area contributed by atoms with Crippen LogP contribution < -0.4 is 5.32 Å². The minimum absolute atomic E-state index is 0.905. The third-order valence-corrected chi connectivity index (χ3v) is 6.18. The Bertz CT molecular complexity index is 189. The van der Waals surface area contributed by atoms with Crippen molar-refractivity contribution in [3.8, 4) is 0 Å². The van der Waals surface area contributed by atoms with E-state index in [0.29, 0.717) is 0 Å². The monoisotopic (exact) mass is 262 g/mol. The van der Waals surface area contributed by atoms with E-state index in [1.54, 1.807) is 21.3 Å². The average molecular weight is 262 g/mol. The molecular formula is C11H26N2O3Si. The zero-order chi connectivity index (χ0) is 12.6. The van der Waals surface area contributed by atoms with Crippen LogP contribution in [0, 0.1) is 0 Å². The van der Waals surface area contributed by atoms with Crippen molar-refractivity contribution in [1.82, 2.24) is 10.2 Å². The number of piperazine rings is 1. The van der Waals surface area contributed by atoms with E-state index in [9.17, 15) is 0 Å². The van der Waals surface area contributed by atoms with Crippen LogP contribution in [0.5, 0.6) is 0 Å². The Morgan fingerprint density at radius 1 is 1.00 bits per heavy atom. The first kappa shape index (κ1) is 15.1. The Hall–Kier alpha value is 0.0169. The molecule has 0 amide bonds.